The second-order valence-electron chi connectivity index (χ2n) is 11.3. The third-order valence-corrected chi connectivity index (χ3v) is 8.20. The number of amides is 2. The highest BCUT2D eigenvalue weighted by atomic mass is 32.1. The lowest BCUT2D eigenvalue weighted by molar-refractivity contribution is 0.262. The predicted octanol–water partition coefficient (Wildman–Crippen LogP) is 8.70. The molecule has 0 radical (unpaired) electrons. The van der Waals surface area contributed by atoms with E-state index in [1.165, 1.54) is 0 Å². The van der Waals surface area contributed by atoms with Gasteiger partial charge in [0.05, 0.1) is 28.6 Å². The van der Waals surface area contributed by atoms with Crippen LogP contribution < -0.4 is 20.1 Å². The number of carbonyl (C=O) groups is 1. The minimum Gasteiger partial charge on any atom is -0.497 e. The summed E-state index contributed by atoms with van der Waals surface area (Å²) in [6.45, 7) is 9.81. The van der Waals surface area contributed by atoms with Crippen molar-refractivity contribution in [1.29, 1.82) is 0 Å². The number of H-pyrrole nitrogens is 1. The monoisotopic (exact) mass is 608 g/mol. The topological polar surface area (TPSA) is 127 Å². The van der Waals surface area contributed by atoms with Crippen LogP contribution >= 0.6 is 11.3 Å². The molecule has 0 saturated carbocycles. The first-order chi connectivity index (χ1) is 21.1. The van der Waals surface area contributed by atoms with Crippen LogP contribution in [-0.4, -0.2) is 33.2 Å². The van der Waals surface area contributed by atoms with Gasteiger partial charge in [0, 0.05) is 28.2 Å². The zero-order valence-corrected chi connectivity index (χ0v) is 26.1. The number of aryl methyl sites for hydroxylation is 2. The first kappa shape index (κ1) is 28.9. The molecule has 0 fully saturated rings. The van der Waals surface area contributed by atoms with Gasteiger partial charge in [-0.15, -0.1) is 11.3 Å². The highest BCUT2D eigenvalue weighted by Gasteiger charge is 2.26. The van der Waals surface area contributed by atoms with Gasteiger partial charge in [-0.2, -0.15) is 0 Å². The molecule has 3 N–H and O–H groups in total. The number of carbonyl (C=O) groups excluding carboxylic acids is 1. The van der Waals surface area contributed by atoms with Gasteiger partial charge in [0.15, 0.2) is 0 Å². The fourth-order valence-electron chi connectivity index (χ4n) is 4.72. The normalized spacial score (nSPS) is 11.5. The van der Waals surface area contributed by atoms with Crippen molar-refractivity contribution in [2.45, 2.75) is 40.0 Å². The number of hydrogen-bond acceptors (Lipinski definition) is 8. The molecule has 0 bridgehead atoms. The largest absolute Gasteiger partial charge is 0.497 e. The maximum atomic E-state index is 13.1. The summed E-state index contributed by atoms with van der Waals surface area (Å²) in [4.78, 5) is 26.7. The van der Waals surface area contributed by atoms with Gasteiger partial charge in [0.1, 0.15) is 40.3 Å². The Labute approximate surface area is 258 Å². The molecule has 224 valence electrons. The Balaban J connectivity index is 1.17. The van der Waals surface area contributed by atoms with Crippen LogP contribution in [0.2, 0.25) is 0 Å². The third-order valence-electron chi connectivity index (χ3n) is 7.01. The smallest absolute Gasteiger partial charge is 0.324 e. The van der Waals surface area contributed by atoms with Crippen LogP contribution in [0.25, 0.3) is 31.9 Å². The number of ether oxygens (including phenoxy) is 2. The molecule has 0 aliphatic heterocycles. The summed E-state index contributed by atoms with van der Waals surface area (Å²) in [5.74, 6) is 3.97. The van der Waals surface area contributed by atoms with Crippen LogP contribution in [0.4, 0.5) is 16.3 Å². The van der Waals surface area contributed by atoms with E-state index >= 15 is 0 Å². The Morgan fingerprint density at radius 2 is 1.70 bits per heavy atom. The Morgan fingerprint density at radius 3 is 2.36 bits per heavy atom. The van der Waals surface area contributed by atoms with Gasteiger partial charge in [0.2, 0.25) is 0 Å². The summed E-state index contributed by atoms with van der Waals surface area (Å²) in [5.41, 5.74) is 4.30. The molecule has 2 aromatic carbocycles. The third kappa shape index (κ3) is 5.86. The average Bonchev–Trinajstić information content (AvgIpc) is 3.71. The average molecular weight is 609 g/mol. The predicted molar refractivity (Wildman–Crippen MR) is 173 cm³/mol. The minimum atomic E-state index is -0.420. The van der Waals surface area contributed by atoms with E-state index in [-0.39, 0.29) is 5.41 Å². The van der Waals surface area contributed by atoms with Crippen LogP contribution in [0.1, 0.15) is 38.0 Å². The van der Waals surface area contributed by atoms with Crippen molar-refractivity contribution >= 4 is 39.1 Å². The molecular weight excluding hydrogens is 576 g/mol. The molecule has 0 unspecified atom stereocenters. The summed E-state index contributed by atoms with van der Waals surface area (Å²) < 4.78 is 17.8. The minimum absolute atomic E-state index is 0.263. The number of fused-ring (bicyclic) bond motifs is 1. The van der Waals surface area contributed by atoms with E-state index in [4.69, 9.17) is 19.0 Å². The Kier molecular flexibility index (Phi) is 7.56. The van der Waals surface area contributed by atoms with E-state index in [0.717, 1.165) is 37.8 Å². The zero-order chi connectivity index (χ0) is 31.0. The molecule has 0 aliphatic rings. The Hall–Kier alpha value is -5.16. The first-order valence-electron chi connectivity index (χ1n) is 14.0. The van der Waals surface area contributed by atoms with Gasteiger partial charge < -0.3 is 24.3 Å². The number of pyridine rings is 1. The second kappa shape index (κ2) is 11.5. The van der Waals surface area contributed by atoms with Crippen LogP contribution in [0.5, 0.6) is 17.2 Å². The summed E-state index contributed by atoms with van der Waals surface area (Å²) in [7, 11) is 1.65. The number of aromatic amines is 1. The van der Waals surface area contributed by atoms with Crippen molar-refractivity contribution in [1.82, 2.24) is 20.1 Å². The van der Waals surface area contributed by atoms with Crippen LogP contribution in [-0.2, 0) is 5.41 Å². The SMILES string of the molecule is COc1ccc(-c2cc3nccc(Oc4ccc(NC(=O)Nc5[nH]c(C(C)(C)C)nc5-c5c(C)noc5C)cc4)c3s2)cc1. The van der Waals surface area contributed by atoms with Gasteiger partial charge in [-0.1, -0.05) is 25.9 Å². The van der Waals surface area contributed by atoms with Crippen LogP contribution in [0.15, 0.2) is 71.4 Å². The molecule has 10 nitrogen and oxygen atoms in total. The Morgan fingerprint density at radius 1 is 0.977 bits per heavy atom. The molecule has 0 atom stereocenters. The van der Waals surface area contributed by atoms with Crippen molar-refractivity contribution < 1.29 is 18.8 Å². The maximum absolute atomic E-state index is 13.1. The van der Waals surface area contributed by atoms with Gasteiger partial charge in [-0.3, -0.25) is 10.3 Å². The van der Waals surface area contributed by atoms with Crippen LogP contribution in [0, 0.1) is 13.8 Å². The van der Waals surface area contributed by atoms with Crippen molar-refractivity contribution in [3.8, 4) is 38.9 Å². The number of anilines is 2. The van der Waals surface area contributed by atoms with Gasteiger partial charge in [-0.25, -0.2) is 9.78 Å². The van der Waals surface area contributed by atoms with E-state index in [1.54, 1.807) is 36.8 Å². The van der Waals surface area contributed by atoms with Crippen molar-refractivity contribution in [2.75, 3.05) is 17.7 Å². The van der Waals surface area contributed by atoms with Crippen molar-refractivity contribution in [2.24, 2.45) is 0 Å². The molecule has 6 aromatic rings. The fraction of sp³-hybridized carbons (Fsp3) is 0.212. The molecule has 0 spiro atoms. The summed E-state index contributed by atoms with van der Waals surface area (Å²) in [5, 5.41) is 9.84. The molecule has 11 heteroatoms. The first-order valence-corrected chi connectivity index (χ1v) is 14.8. The second-order valence-corrected chi connectivity index (χ2v) is 12.4. The summed E-state index contributed by atoms with van der Waals surface area (Å²) >= 11 is 1.62. The molecule has 4 heterocycles. The van der Waals surface area contributed by atoms with E-state index in [0.29, 0.717) is 40.2 Å². The van der Waals surface area contributed by atoms with E-state index in [9.17, 15) is 4.79 Å². The number of hydrogen-bond donors (Lipinski definition) is 3. The number of urea groups is 1. The molecule has 4 aromatic heterocycles. The van der Waals surface area contributed by atoms with Crippen LogP contribution in [0.3, 0.4) is 0 Å². The lowest BCUT2D eigenvalue weighted by Crippen LogP contribution is -2.20. The lowest BCUT2D eigenvalue weighted by atomic mass is 9.96. The summed E-state index contributed by atoms with van der Waals surface area (Å²) in [6.07, 6.45) is 1.74. The number of methoxy groups -OCH3 is 1. The fourth-order valence-corrected chi connectivity index (χ4v) is 5.79. The highest BCUT2D eigenvalue weighted by Crippen LogP contribution is 2.40. The number of rotatable bonds is 7. The molecule has 44 heavy (non-hydrogen) atoms. The Bertz CT molecular complexity index is 1930. The number of nitrogens with one attached hydrogen (secondary N) is 3. The lowest BCUT2D eigenvalue weighted by Gasteiger charge is -2.14. The molecular formula is C33H32N6O4S. The van der Waals surface area contributed by atoms with E-state index < -0.39 is 6.03 Å². The van der Waals surface area contributed by atoms with Gasteiger partial charge in [-0.05, 0) is 74.0 Å². The summed E-state index contributed by atoms with van der Waals surface area (Å²) in [6, 6.07) is 18.6. The number of benzene rings is 2. The molecule has 0 saturated heterocycles. The quantitative estimate of drug-likeness (QED) is 0.165. The number of aromatic nitrogens is 4. The van der Waals surface area contributed by atoms with E-state index in [1.807, 2.05) is 77.1 Å². The molecule has 2 amide bonds. The van der Waals surface area contributed by atoms with Crippen molar-refractivity contribution in [3.05, 3.63) is 84.1 Å². The van der Waals surface area contributed by atoms with Gasteiger partial charge >= 0.3 is 6.03 Å². The number of nitrogens with zero attached hydrogens (tertiary/aromatic N) is 3. The molecule has 0 aliphatic carbocycles. The molecule has 6 rings (SSSR count). The standard InChI is InChI=1S/C33H32N6O4S/c1-18-27(19(2)43-39-18)28-30(37-31(36-28)33(3,4)5)38-32(40)35-21-9-13-23(14-10-21)42-25-15-16-34-24-17-26(44-29(24)25)20-7-11-22(41-6)12-8-20/h7-17H,1-6H3,(H,36,37)(H2,35,38,40). The number of thiophene rings is 1. The highest BCUT2D eigenvalue weighted by molar-refractivity contribution is 7.22. The zero-order valence-electron chi connectivity index (χ0n) is 25.2. The van der Waals surface area contributed by atoms with Gasteiger partial charge in [0.25, 0.3) is 0 Å². The van der Waals surface area contributed by atoms with E-state index in [2.05, 4.69) is 31.8 Å². The maximum Gasteiger partial charge on any atom is 0.324 e. The van der Waals surface area contributed by atoms with Crippen molar-refractivity contribution in [3.63, 3.8) is 0 Å². The number of imidazole rings is 1.